The SMILES string of the molecule is O=C(O)CC(NC(=O)C[N+]1(CCCNC2=NCCN2)C(=O)CNC1=O)NC(=O)C(=O)c1ccccc1. The summed E-state index contributed by atoms with van der Waals surface area (Å²) in [5.74, 6) is -4.10. The summed E-state index contributed by atoms with van der Waals surface area (Å²) in [7, 11) is 0. The zero-order chi connectivity index (χ0) is 26.1. The van der Waals surface area contributed by atoms with Crippen LogP contribution in [0.15, 0.2) is 35.3 Å². The number of nitrogens with zero attached hydrogens (tertiary/aromatic N) is 2. The predicted molar refractivity (Wildman–Crippen MR) is 124 cm³/mol. The summed E-state index contributed by atoms with van der Waals surface area (Å²) in [4.78, 5) is 78.2. The van der Waals surface area contributed by atoms with Crippen LogP contribution < -0.4 is 26.6 Å². The minimum atomic E-state index is -1.44. The van der Waals surface area contributed by atoms with Gasteiger partial charge in [-0.25, -0.2) is 9.59 Å². The maximum absolute atomic E-state index is 12.8. The zero-order valence-corrected chi connectivity index (χ0v) is 19.4. The van der Waals surface area contributed by atoms with E-state index in [0.29, 0.717) is 32.0 Å². The molecule has 0 aromatic heterocycles. The van der Waals surface area contributed by atoms with Crippen LogP contribution in [0.2, 0.25) is 0 Å². The standard InChI is InChI=1S/C22H27N7O7/c30-16(27-15(11-18(32)33)28-20(35)19(34)14-5-2-1-3-6-14)13-29(17(31)12-26-22(29)36)10-4-7-23-21-24-8-9-25-21/h1-3,5-6,15H,4,7-13H2,(H5-,23,24,25,26,27,28,30,32,33,35,36)/p+1. The lowest BCUT2D eigenvalue weighted by Crippen LogP contribution is -2.61. The summed E-state index contributed by atoms with van der Waals surface area (Å²) in [6.45, 7) is 0.939. The maximum Gasteiger partial charge on any atom is 0.425 e. The van der Waals surface area contributed by atoms with E-state index >= 15 is 0 Å². The van der Waals surface area contributed by atoms with Gasteiger partial charge in [-0.05, 0) is 0 Å². The first-order valence-electron chi connectivity index (χ1n) is 11.3. The van der Waals surface area contributed by atoms with Crippen LogP contribution in [0.5, 0.6) is 0 Å². The fraction of sp³-hybridized carbons (Fsp3) is 0.409. The number of aliphatic carboxylic acids is 1. The van der Waals surface area contributed by atoms with E-state index in [-0.39, 0.29) is 18.7 Å². The predicted octanol–water partition coefficient (Wildman–Crippen LogP) is -2.09. The highest BCUT2D eigenvalue weighted by molar-refractivity contribution is 6.42. The van der Waals surface area contributed by atoms with E-state index < -0.39 is 59.1 Å². The molecule has 0 radical (unpaired) electrons. The molecular weight excluding hydrogens is 474 g/mol. The monoisotopic (exact) mass is 502 g/mol. The van der Waals surface area contributed by atoms with Crippen LogP contribution in [0.4, 0.5) is 4.79 Å². The molecule has 2 atom stereocenters. The highest BCUT2D eigenvalue weighted by Gasteiger charge is 2.51. The number of carboxylic acid groups (broad SMARTS) is 1. The Bertz CT molecular complexity index is 1060. The van der Waals surface area contributed by atoms with E-state index in [4.69, 9.17) is 0 Å². The third-order valence-electron chi connectivity index (χ3n) is 5.62. The van der Waals surface area contributed by atoms with Crippen molar-refractivity contribution >= 4 is 41.5 Å². The molecule has 1 aromatic carbocycles. The van der Waals surface area contributed by atoms with E-state index in [0.717, 1.165) is 0 Å². The molecule has 2 aliphatic rings. The third kappa shape index (κ3) is 6.63. The number of amides is 5. The Morgan fingerprint density at radius 1 is 1.08 bits per heavy atom. The fourth-order valence-electron chi connectivity index (χ4n) is 3.85. The number of nitrogens with one attached hydrogen (secondary N) is 5. The van der Waals surface area contributed by atoms with Gasteiger partial charge in [-0.1, -0.05) is 30.3 Å². The number of ketones is 1. The highest BCUT2D eigenvalue weighted by atomic mass is 16.4. The van der Waals surface area contributed by atoms with Crippen molar-refractivity contribution < 1.29 is 38.4 Å². The maximum atomic E-state index is 12.8. The van der Waals surface area contributed by atoms with Crippen molar-refractivity contribution in [3.63, 3.8) is 0 Å². The third-order valence-corrected chi connectivity index (χ3v) is 5.62. The molecule has 2 heterocycles. The number of guanidine groups is 1. The van der Waals surface area contributed by atoms with Gasteiger partial charge < -0.3 is 26.4 Å². The Hall–Kier alpha value is -4.33. The van der Waals surface area contributed by atoms with E-state index in [9.17, 15) is 33.9 Å². The van der Waals surface area contributed by atoms with Crippen molar-refractivity contribution in [3.05, 3.63) is 35.9 Å². The number of Topliss-reactive ketones (excluding diaryl/α,β-unsaturated/α-hetero) is 1. The van der Waals surface area contributed by atoms with Crippen molar-refractivity contribution in [2.75, 3.05) is 39.3 Å². The molecule has 0 spiro atoms. The van der Waals surface area contributed by atoms with Crippen LogP contribution in [-0.4, -0.2) is 96.5 Å². The lowest BCUT2D eigenvalue weighted by atomic mass is 10.1. The lowest BCUT2D eigenvalue weighted by molar-refractivity contribution is -0.759. The van der Waals surface area contributed by atoms with Gasteiger partial charge in [0.25, 0.3) is 11.8 Å². The van der Waals surface area contributed by atoms with Gasteiger partial charge in [0.2, 0.25) is 5.78 Å². The molecule has 1 aromatic rings. The highest BCUT2D eigenvalue weighted by Crippen LogP contribution is 2.15. The van der Waals surface area contributed by atoms with E-state index in [1.54, 1.807) is 18.2 Å². The van der Waals surface area contributed by atoms with Gasteiger partial charge in [-0.15, -0.1) is 0 Å². The van der Waals surface area contributed by atoms with Crippen molar-refractivity contribution in [2.24, 2.45) is 4.99 Å². The van der Waals surface area contributed by atoms with Crippen LogP contribution in [0.25, 0.3) is 0 Å². The second-order valence-corrected chi connectivity index (χ2v) is 8.23. The molecule has 5 amide bonds. The number of quaternary nitrogens is 1. The number of carbonyl (C=O) groups excluding carboxylic acids is 5. The van der Waals surface area contributed by atoms with Gasteiger partial charge in [0.05, 0.1) is 19.5 Å². The number of urea groups is 1. The van der Waals surface area contributed by atoms with Crippen molar-refractivity contribution in [1.29, 1.82) is 0 Å². The first-order valence-corrected chi connectivity index (χ1v) is 11.3. The van der Waals surface area contributed by atoms with E-state index in [1.165, 1.54) is 12.1 Å². The Morgan fingerprint density at radius 2 is 1.83 bits per heavy atom. The van der Waals surface area contributed by atoms with Gasteiger partial charge >= 0.3 is 17.9 Å². The number of carbonyl (C=O) groups is 6. The number of rotatable bonds is 12. The Labute approximate surface area is 206 Å². The average Bonchev–Trinajstić information content (AvgIpc) is 3.45. The molecular formula is C22H28N7O7+. The molecule has 3 rings (SSSR count). The van der Waals surface area contributed by atoms with Crippen LogP contribution >= 0.6 is 0 Å². The molecule has 0 saturated carbocycles. The van der Waals surface area contributed by atoms with Crippen LogP contribution in [0.1, 0.15) is 23.2 Å². The molecule has 0 bridgehead atoms. The Balaban J connectivity index is 1.63. The molecule has 1 saturated heterocycles. The number of imide groups is 1. The molecule has 36 heavy (non-hydrogen) atoms. The quantitative estimate of drug-likeness (QED) is 0.0464. The Morgan fingerprint density at radius 3 is 2.44 bits per heavy atom. The second kappa shape index (κ2) is 11.9. The number of carboxylic acids is 1. The average molecular weight is 503 g/mol. The topological polar surface area (TPSA) is 195 Å². The zero-order valence-electron chi connectivity index (χ0n) is 19.4. The van der Waals surface area contributed by atoms with Gasteiger partial charge in [-0.3, -0.25) is 29.5 Å². The number of hydrogen-bond acceptors (Lipinski definition) is 9. The second-order valence-electron chi connectivity index (χ2n) is 8.23. The van der Waals surface area contributed by atoms with Gasteiger partial charge in [0.1, 0.15) is 12.7 Å². The summed E-state index contributed by atoms with van der Waals surface area (Å²) in [6.07, 6.45) is -1.81. The normalized spacial score (nSPS) is 19.5. The summed E-state index contributed by atoms with van der Waals surface area (Å²) in [6, 6.07) is 6.97. The number of aliphatic imine (C=N–C) groups is 1. The van der Waals surface area contributed by atoms with Crippen LogP contribution in [0, 0.1) is 0 Å². The lowest BCUT2D eigenvalue weighted by Gasteiger charge is -2.27. The van der Waals surface area contributed by atoms with Crippen molar-refractivity contribution in [2.45, 2.75) is 19.0 Å². The minimum absolute atomic E-state index is 0.0147. The summed E-state index contributed by atoms with van der Waals surface area (Å²) >= 11 is 0. The molecule has 14 heteroatoms. The summed E-state index contributed by atoms with van der Waals surface area (Å²) in [5, 5.41) is 22.2. The van der Waals surface area contributed by atoms with E-state index in [2.05, 4.69) is 31.6 Å². The van der Waals surface area contributed by atoms with Gasteiger partial charge in [-0.2, -0.15) is 4.48 Å². The largest absolute Gasteiger partial charge is 0.481 e. The van der Waals surface area contributed by atoms with Crippen molar-refractivity contribution in [1.82, 2.24) is 26.6 Å². The minimum Gasteiger partial charge on any atom is -0.481 e. The van der Waals surface area contributed by atoms with E-state index in [1.807, 2.05) is 0 Å². The summed E-state index contributed by atoms with van der Waals surface area (Å²) < 4.78 is -0.801. The molecule has 2 unspecified atom stereocenters. The fourth-order valence-corrected chi connectivity index (χ4v) is 3.85. The van der Waals surface area contributed by atoms with Crippen LogP contribution in [-0.2, 0) is 19.2 Å². The summed E-state index contributed by atoms with van der Waals surface area (Å²) in [5.41, 5.74) is 0.0895. The van der Waals surface area contributed by atoms with Gasteiger partial charge in [0.15, 0.2) is 12.5 Å². The molecule has 2 aliphatic heterocycles. The van der Waals surface area contributed by atoms with Gasteiger partial charge in [0, 0.05) is 25.1 Å². The number of hydrogen-bond donors (Lipinski definition) is 6. The first-order chi connectivity index (χ1) is 17.2. The smallest absolute Gasteiger partial charge is 0.425 e. The van der Waals surface area contributed by atoms with Crippen LogP contribution in [0.3, 0.4) is 0 Å². The molecule has 6 N–H and O–H groups in total. The molecule has 14 nitrogen and oxygen atoms in total. The Kier molecular flexibility index (Phi) is 8.67. The molecule has 192 valence electrons. The number of benzene rings is 1. The molecule has 1 fully saturated rings. The van der Waals surface area contributed by atoms with Crippen molar-refractivity contribution in [3.8, 4) is 0 Å². The molecule has 0 aliphatic carbocycles. The first kappa shape index (κ1) is 26.3.